The van der Waals surface area contributed by atoms with Gasteiger partial charge in [-0.05, 0) is 135 Å². The third-order valence-electron chi connectivity index (χ3n) is 8.41. The highest BCUT2D eigenvalue weighted by Gasteiger charge is 2.13. The van der Waals surface area contributed by atoms with E-state index in [1.165, 1.54) is 0 Å². The summed E-state index contributed by atoms with van der Waals surface area (Å²) in [6.07, 6.45) is 0. The molecule has 0 aliphatic rings. The summed E-state index contributed by atoms with van der Waals surface area (Å²) in [5, 5.41) is 12.5. The molecule has 4 N–H and O–H groups in total. The third kappa shape index (κ3) is 8.82. The van der Waals surface area contributed by atoms with Crippen LogP contribution in [0.25, 0.3) is 11.0 Å². The van der Waals surface area contributed by atoms with E-state index in [0.717, 1.165) is 22.4 Å². The van der Waals surface area contributed by atoms with E-state index in [9.17, 15) is 19.2 Å². The molecule has 5 aromatic carbocycles. The van der Waals surface area contributed by atoms with Crippen LogP contribution in [-0.2, 0) is 22.8 Å². The number of esters is 2. The van der Waals surface area contributed by atoms with Crippen molar-refractivity contribution in [3.63, 3.8) is 0 Å². The Labute approximate surface area is 316 Å². The van der Waals surface area contributed by atoms with Gasteiger partial charge in [0, 0.05) is 33.9 Å². The van der Waals surface area contributed by atoms with Gasteiger partial charge in [-0.15, -0.1) is 0 Å². The number of carbonyl (C=O) groups is 4. The third-order valence-corrected chi connectivity index (χ3v) is 8.85. The Morgan fingerprint density at radius 2 is 0.833 bits per heavy atom. The van der Waals surface area contributed by atoms with Gasteiger partial charge >= 0.3 is 11.9 Å². The molecule has 2 amide bonds. The van der Waals surface area contributed by atoms with Crippen molar-refractivity contribution in [2.75, 3.05) is 34.5 Å². The lowest BCUT2D eigenvalue weighted by Crippen LogP contribution is -2.13. The molecule has 6 aromatic rings. The molecule has 0 aliphatic heterocycles. The maximum atomic E-state index is 12.9. The van der Waals surface area contributed by atoms with Crippen LogP contribution in [0.3, 0.4) is 0 Å². The number of ether oxygens (including phenoxy) is 2. The molecule has 1 aromatic heterocycles. The molecule has 0 saturated heterocycles. The zero-order valence-corrected chi connectivity index (χ0v) is 30.4. The van der Waals surface area contributed by atoms with Crippen molar-refractivity contribution < 1.29 is 28.7 Å². The molecular formula is C41H38N6O6S. The summed E-state index contributed by atoms with van der Waals surface area (Å²) in [5.41, 5.74) is 6.42. The van der Waals surface area contributed by atoms with Gasteiger partial charge in [-0.3, -0.25) is 18.7 Å². The van der Waals surface area contributed by atoms with Crippen LogP contribution in [0.2, 0.25) is 0 Å². The second kappa shape index (κ2) is 17.2. The van der Waals surface area contributed by atoms with Crippen LogP contribution in [0.5, 0.6) is 0 Å². The molecule has 0 atom stereocenters. The Morgan fingerprint density at radius 1 is 0.500 bits per heavy atom. The number of aromatic nitrogens is 2. The number of imidazole rings is 1. The van der Waals surface area contributed by atoms with Gasteiger partial charge in [-0.25, -0.2) is 9.59 Å². The van der Waals surface area contributed by atoms with Crippen LogP contribution in [0.1, 0.15) is 55.3 Å². The van der Waals surface area contributed by atoms with E-state index in [-0.39, 0.29) is 11.8 Å². The quantitative estimate of drug-likeness (QED) is 0.0642. The van der Waals surface area contributed by atoms with Gasteiger partial charge in [0.2, 0.25) is 0 Å². The van der Waals surface area contributed by atoms with E-state index in [1.54, 1.807) is 86.6 Å². The van der Waals surface area contributed by atoms with Gasteiger partial charge < -0.3 is 30.7 Å². The van der Waals surface area contributed by atoms with Crippen molar-refractivity contribution in [1.29, 1.82) is 0 Å². The Kier molecular flexibility index (Phi) is 11.8. The molecule has 0 radical (unpaired) electrons. The molecule has 0 aliphatic carbocycles. The van der Waals surface area contributed by atoms with Crippen molar-refractivity contribution in [2.24, 2.45) is 0 Å². The molecule has 274 valence electrons. The standard InChI is InChI=1S/C41H38N6O6S/c1-3-52-39(50)29-13-21-33(22-14-29)44-37(48)27-9-17-31(18-10-27)42-25-46-35-7-5-6-8-36(35)47(41(46)54)26-43-32-19-11-28(12-20-32)38(49)45-34-23-15-30(16-24-34)40(51)53-4-2/h5-24,42-43H,3-4,25-26H2,1-2H3,(H,44,48)(H,45,49). The lowest BCUT2D eigenvalue weighted by Gasteiger charge is -2.11. The van der Waals surface area contributed by atoms with Crippen LogP contribution in [-0.4, -0.2) is 46.1 Å². The molecule has 13 heteroatoms. The predicted octanol–water partition coefficient (Wildman–Crippen LogP) is 8.17. The van der Waals surface area contributed by atoms with E-state index in [0.29, 0.717) is 65.0 Å². The molecule has 0 saturated carbocycles. The lowest BCUT2D eigenvalue weighted by atomic mass is 10.1. The van der Waals surface area contributed by atoms with Crippen LogP contribution in [0.15, 0.2) is 121 Å². The SMILES string of the molecule is CCOC(=O)c1ccc(NC(=O)c2ccc(NCn3c(=S)n(CNc4ccc(C(=O)Nc5ccc(C(=O)OCC)cc5)cc4)c4ccccc43)cc2)cc1. The number of anilines is 4. The molecule has 0 unspecified atom stereocenters. The predicted molar refractivity (Wildman–Crippen MR) is 212 cm³/mol. The van der Waals surface area contributed by atoms with Crippen LogP contribution >= 0.6 is 12.2 Å². The smallest absolute Gasteiger partial charge is 0.338 e. The topological polar surface area (TPSA) is 145 Å². The zero-order chi connectivity index (χ0) is 38.0. The second-order valence-corrected chi connectivity index (χ2v) is 12.3. The number of hydrogen-bond acceptors (Lipinski definition) is 9. The Morgan fingerprint density at radius 3 is 1.19 bits per heavy atom. The number of amides is 2. The van der Waals surface area contributed by atoms with E-state index in [1.807, 2.05) is 57.7 Å². The first-order valence-electron chi connectivity index (χ1n) is 17.3. The fraction of sp³-hybridized carbons (Fsp3) is 0.146. The summed E-state index contributed by atoms with van der Waals surface area (Å²) in [6, 6.07) is 35.3. The number of nitrogens with zero attached hydrogens (tertiary/aromatic N) is 2. The maximum absolute atomic E-state index is 12.9. The summed E-state index contributed by atoms with van der Waals surface area (Å²) >= 11 is 5.92. The van der Waals surface area contributed by atoms with E-state index in [4.69, 9.17) is 21.7 Å². The molecule has 1 heterocycles. The van der Waals surface area contributed by atoms with Crippen LogP contribution < -0.4 is 21.3 Å². The Balaban J connectivity index is 1.05. The zero-order valence-electron chi connectivity index (χ0n) is 29.6. The molecule has 54 heavy (non-hydrogen) atoms. The highest BCUT2D eigenvalue weighted by Crippen LogP contribution is 2.21. The van der Waals surface area contributed by atoms with E-state index < -0.39 is 11.9 Å². The number of fused-ring (bicyclic) bond motifs is 1. The Bertz CT molecular complexity index is 2170. The van der Waals surface area contributed by atoms with Crippen LogP contribution in [0, 0.1) is 4.77 Å². The van der Waals surface area contributed by atoms with Gasteiger partial charge in [0.25, 0.3) is 11.8 Å². The molecule has 0 spiro atoms. The number of benzene rings is 5. The number of hydrogen-bond donors (Lipinski definition) is 4. The average molecular weight is 743 g/mol. The minimum Gasteiger partial charge on any atom is -0.462 e. The minimum absolute atomic E-state index is 0.277. The van der Waals surface area contributed by atoms with Gasteiger partial charge in [0.1, 0.15) is 0 Å². The number of para-hydroxylation sites is 2. The van der Waals surface area contributed by atoms with Crippen molar-refractivity contribution in [3.05, 3.63) is 148 Å². The average Bonchev–Trinajstić information content (AvgIpc) is 3.46. The second-order valence-electron chi connectivity index (χ2n) is 12.0. The first-order valence-corrected chi connectivity index (χ1v) is 17.7. The molecule has 12 nitrogen and oxygen atoms in total. The summed E-state index contributed by atoms with van der Waals surface area (Å²) < 4.78 is 14.6. The lowest BCUT2D eigenvalue weighted by molar-refractivity contribution is 0.0517. The van der Waals surface area contributed by atoms with Crippen molar-refractivity contribution in [3.8, 4) is 0 Å². The molecule has 0 fully saturated rings. The number of nitrogens with one attached hydrogen (secondary N) is 4. The van der Waals surface area contributed by atoms with Crippen LogP contribution in [0.4, 0.5) is 22.7 Å². The molecule has 0 bridgehead atoms. The first-order chi connectivity index (χ1) is 26.2. The van der Waals surface area contributed by atoms with Gasteiger partial charge in [0.15, 0.2) is 4.77 Å². The minimum atomic E-state index is -0.411. The summed E-state index contributed by atoms with van der Waals surface area (Å²) in [7, 11) is 0. The van der Waals surface area contributed by atoms with Crippen molar-refractivity contribution >= 4 is 69.8 Å². The highest BCUT2D eigenvalue weighted by atomic mass is 32.1. The highest BCUT2D eigenvalue weighted by molar-refractivity contribution is 7.71. The number of carbonyl (C=O) groups excluding carboxylic acids is 4. The Hall–Kier alpha value is -6.73. The van der Waals surface area contributed by atoms with E-state index >= 15 is 0 Å². The monoisotopic (exact) mass is 742 g/mol. The fourth-order valence-corrected chi connectivity index (χ4v) is 5.94. The first kappa shape index (κ1) is 37.0. The van der Waals surface area contributed by atoms with Crippen molar-refractivity contribution in [2.45, 2.75) is 27.2 Å². The molecular weight excluding hydrogens is 705 g/mol. The maximum Gasteiger partial charge on any atom is 0.338 e. The summed E-state index contributed by atoms with van der Waals surface area (Å²) in [5.74, 6) is -1.38. The summed E-state index contributed by atoms with van der Waals surface area (Å²) in [6.45, 7) is 4.85. The molecule has 6 rings (SSSR count). The van der Waals surface area contributed by atoms with Gasteiger partial charge in [-0.1, -0.05) is 12.1 Å². The summed E-state index contributed by atoms with van der Waals surface area (Å²) in [4.78, 5) is 49.5. The largest absolute Gasteiger partial charge is 0.462 e. The van der Waals surface area contributed by atoms with Gasteiger partial charge in [0.05, 0.1) is 48.7 Å². The number of rotatable bonds is 14. The fourth-order valence-electron chi connectivity index (χ4n) is 5.61. The van der Waals surface area contributed by atoms with E-state index in [2.05, 4.69) is 21.3 Å². The normalized spacial score (nSPS) is 10.7. The van der Waals surface area contributed by atoms with Crippen molar-refractivity contribution in [1.82, 2.24) is 9.13 Å². The van der Waals surface area contributed by atoms with Gasteiger partial charge in [-0.2, -0.15) is 0 Å².